The zero-order chi connectivity index (χ0) is 45.8. The summed E-state index contributed by atoms with van der Waals surface area (Å²) in [6.07, 6.45) is 7.08. The smallest absolute Gasteiger partial charge is 0.344 e. The van der Waals surface area contributed by atoms with Crippen LogP contribution in [-0.2, 0) is 14.3 Å². The normalized spacial score (nSPS) is 14.0. The average molecular weight is 916 g/mol. The lowest BCUT2D eigenvalue weighted by Gasteiger charge is -2.23. The van der Waals surface area contributed by atoms with Gasteiger partial charge < -0.3 is 24.4 Å². The van der Waals surface area contributed by atoms with Gasteiger partial charge in [0.25, 0.3) is 0 Å². The van der Waals surface area contributed by atoms with E-state index in [-0.39, 0.29) is 44.4 Å². The maximum atomic E-state index is 13.4. The third-order valence-electron chi connectivity index (χ3n) is 11.0. The van der Waals surface area contributed by atoms with Crippen LogP contribution in [0, 0.1) is 68.2 Å². The number of Topliss-reactive ketones (excluding diaryl/α,β-unsaturated/α-hetero) is 1. The summed E-state index contributed by atoms with van der Waals surface area (Å²) in [5.41, 5.74) is 9.30. The Bertz CT molecular complexity index is 2510. The van der Waals surface area contributed by atoms with Crippen molar-refractivity contribution in [1.29, 1.82) is 0 Å². The van der Waals surface area contributed by atoms with E-state index in [1.54, 1.807) is 59.7 Å². The minimum Gasteiger partial charge on any atom is -0.506 e. The number of hydrogen-bond donors (Lipinski definition) is 2. The summed E-state index contributed by atoms with van der Waals surface area (Å²) >= 11 is 9.42. The molecule has 6 rings (SSSR count). The topological polar surface area (TPSA) is 154 Å². The second-order valence-electron chi connectivity index (χ2n) is 15.4. The van der Waals surface area contributed by atoms with E-state index in [9.17, 15) is 34.2 Å². The lowest BCUT2D eigenvalue weighted by Crippen LogP contribution is -2.27. The molecule has 0 amide bonds. The minimum absolute atomic E-state index is 0.121. The summed E-state index contributed by atoms with van der Waals surface area (Å²) in [6, 6.07) is 9.09. The molecule has 1 atom stereocenters. The molecule has 10 nitrogen and oxygen atoms in total. The standard InChI is InChI=1S/C27H27ClO4.C19H19BrO6.C3H6/c1-13-11-14(2)22(16(4)15(13)3)27(31)32-25-18(6)17(5)23(26(29)30)19(7)24(25)20-9-8-10-21(28)12-20;1-8-6-12(22)7-13(25-5)14(8)19(24)26-18-10(3)9(2)15(11(4)21)17(23)16(18)20;1-2-3-1/h8-12H,1-7H3,(H,29,30);6-7,14,23H,1-5H3;1-3H2. The molecule has 1 saturated carbocycles. The molecular formula is C49H52BrClO10. The number of carboxylic acid groups (broad SMARTS) is 1. The number of aromatic hydroxyl groups is 1. The number of aryl methyl sites for hydroxylation is 2. The van der Waals surface area contributed by atoms with Crippen molar-refractivity contribution in [2.24, 2.45) is 5.92 Å². The number of aromatic carboxylic acids is 1. The number of esters is 2. The highest BCUT2D eigenvalue weighted by molar-refractivity contribution is 9.10. The molecule has 0 aliphatic heterocycles. The van der Waals surface area contributed by atoms with Gasteiger partial charge in [-0.2, -0.15) is 0 Å². The van der Waals surface area contributed by atoms with Crippen LogP contribution in [0.3, 0.4) is 0 Å². The number of halogens is 2. The maximum absolute atomic E-state index is 13.4. The number of allylic oxidation sites excluding steroid dienone is 2. The molecule has 0 aromatic heterocycles. The van der Waals surface area contributed by atoms with E-state index in [1.807, 2.05) is 39.8 Å². The third-order valence-corrected chi connectivity index (χ3v) is 12.0. The van der Waals surface area contributed by atoms with E-state index in [1.165, 1.54) is 45.4 Å². The molecule has 61 heavy (non-hydrogen) atoms. The Labute approximate surface area is 370 Å². The SMILES string of the molecule is C1CC1.COC1=CC(=O)C=C(C)C1C(=O)Oc1c(C)c(C)c(C(C)=O)c(O)c1Br.Cc1cc(C)c(C(=O)Oc2c(C)c(C)c(C(=O)O)c(C)c2-c2cccc(Cl)c2)c(C)c1C. The maximum Gasteiger partial charge on any atom is 0.344 e. The Morgan fingerprint density at radius 2 is 1.30 bits per heavy atom. The molecule has 0 radical (unpaired) electrons. The first-order valence-corrected chi connectivity index (χ1v) is 20.9. The quantitative estimate of drug-likeness (QED) is 0.0992. The van der Waals surface area contributed by atoms with Gasteiger partial charge >= 0.3 is 17.9 Å². The predicted molar refractivity (Wildman–Crippen MR) is 241 cm³/mol. The van der Waals surface area contributed by atoms with E-state index >= 15 is 0 Å². The predicted octanol–water partition coefficient (Wildman–Crippen LogP) is 11.8. The number of hydrogen-bond acceptors (Lipinski definition) is 9. The van der Waals surface area contributed by atoms with Crippen LogP contribution in [0.25, 0.3) is 11.1 Å². The number of methoxy groups -OCH3 is 1. The summed E-state index contributed by atoms with van der Waals surface area (Å²) < 4.78 is 16.8. The zero-order valence-corrected chi connectivity index (χ0v) is 39.0. The average Bonchev–Trinajstić information content (AvgIpc) is 4.07. The van der Waals surface area contributed by atoms with Gasteiger partial charge in [-0.15, -0.1) is 0 Å². The van der Waals surface area contributed by atoms with Gasteiger partial charge in [-0.05, 0) is 172 Å². The number of carbonyl (C=O) groups is 5. The molecule has 2 aliphatic carbocycles. The molecule has 0 bridgehead atoms. The highest BCUT2D eigenvalue weighted by atomic mass is 79.9. The van der Waals surface area contributed by atoms with Gasteiger partial charge in [0.15, 0.2) is 17.3 Å². The number of phenols is 1. The van der Waals surface area contributed by atoms with Crippen molar-refractivity contribution in [3.8, 4) is 28.4 Å². The van der Waals surface area contributed by atoms with Crippen LogP contribution in [0.5, 0.6) is 17.2 Å². The Balaban J connectivity index is 0.000000255. The Hall–Kier alpha value is -5.52. The van der Waals surface area contributed by atoms with Crippen LogP contribution in [-0.4, -0.2) is 46.8 Å². The monoisotopic (exact) mass is 914 g/mol. The second-order valence-corrected chi connectivity index (χ2v) is 16.7. The molecule has 0 heterocycles. The van der Waals surface area contributed by atoms with Crippen molar-refractivity contribution >= 4 is 57.0 Å². The largest absolute Gasteiger partial charge is 0.506 e. The van der Waals surface area contributed by atoms with Gasteiger partial charge in [-0.1, -0.05) is 49.1 Å². The molecule has 4 aromatic carbocycles. The molecule has 12 heteroatoms. The van der Waals surface area contributed by atoms with E-state index in [0.717, 1.165) is 22.3 Å². The molecule has 2 aliphatic rings. The first-order valence-electron chi connectivity index (χ1n) is 19.7. The van der Waals surface area contributed by atoms with E-state index in [4.69, 9.17) is 25.8 Å². The van der Waals surface area contributed by atoms with Crippen LogP contribution in [0.2, 0.25) is 5.02 Å². The Morgan fingerprint density at radius 3 is 1.84 bits per heavy atom. The van der Waals surface area contributed by atoms with Crippen molar-refractivity contribution in [3.05, 3.63) is 130 Å². The van der Waals surface area contributed by atoms with Gasteiger partial charge in [0.05, 0.1) is 23.8 Å². The zero-order valence-electron chi connectivity index (χ0n) is 36.7. The van der Waals surface area contributed by atoms with E-state index in [2.05, 4.69) is 15.9 Å². The fourth-order valence-corrected chi connectivity index (χ4v) is 7.98. The van der Waals surface area contributed by atoms with E-state index < -0.39 is 23.8 Å². The van der Waals surface area contributed by atoms with Crippen LogP contribution in [0.1, 0.15) is 114 Å². The lowest BCUT2D eigenvalue weighted by atomic mass is 9.88. The minimum atomic E-state index is -1.02. The Kier molecular flexibility index (Phi) is 15.7. The summed E-state index contributed by atoms with van der Waals surface area (Å²) in [4.78, 5) is 61.5. The number of benzene rings is 4. The van der Waals surface area contributed by atoms with Gasteiger partial charge in [-0.25, -0.2) is 9.59 Å². The van der Waals surface area contributed by atoms with Gasteiger partial charge in [-0.3, -0.25) is 14.4 Å². The third kappa shape index (κ3) is 10.5. The van der Waals surface area contributed by atoms with Gasteiger partial charge in [0.1, 0.15) is 27.6 Å². The summed E-state index contributed by atoms with van der Waals surface area (Å²) in [5.74, 6) is -3.18. The first-order chi connectivity index (χ1) is 28.5. The number of carboxylic acids is 1. The van der Waals surface area contributed by atoms with Gasteiger partial charge in [0, 0.05) is 16.7 Å². The number of phenolic OH excluding ortho intramolecular Hbond substituents is 1. The summed E-state index contributed by atoms with van der Waals surface area (Å²) in [7, 11) is 1.37. The van der Waals surface area contributed by atoms with Crippen molar-refractivity contribution in [3.63, 3.8) is 0 Å². The Morgan fingerprint density at radius 1 is 0.721 bits per heavy atom. The second kappa shape index (κ2) is 19.9. The molecule has 0 saturated heterocycles. The first kappa shape index (κ1) is 48.1. The number of carbonyl (C=O) groups excluding carboxylic acids is 4. The summed E-state index contributed by atoms with van der Waals surface area (Å²) in [5, 5.41) is 20.7. The number of ether oxygens (including phenoxy) is 3. The van der Waals surface area contributed by atoms with Crippen LogP contribution >= 0.6 is 27.5 Å². The molecule has 322 valence electrons. The number of ketones is 2. The molecular weight excluding hydrogens is 864 g/mol. The molecule has 1 unspecified atom stereocenters. The number of rotatable bonds is 8. The molecule has 1 fully saturated rings. The highest BCUT2D eigenvalue weighted by Crippen LogP contribution is 2.44. The van der Waals surface area contributed by atoms with Gasteiger partial charge in [0.2, 0.25) is 0 Å². The fraction of sp³-hybridized carbons (Fsp3) is 0.327. The van der Waals surface area contributed by atoms with Crippen molar-refractivity contribution < 1.29 is 48.4 Å². The molecule has 2 N–H and O–H groups in total. The molecule has 0 spiro atoms. The van der Waals surface area contributed by atoms with Crippen molar-refractivity contribution in [2.45, 2.75) is 95.4 Å². The lowest BCUT2D eigenvalue weighted by molar-refractivity contribution is -0.137. The van der Waals surface area contributed by atoms with Crippen LogP contribution in [0.4, 0.5) is 0 Å². The van der Waals surface area contributed by atoms with Crippen LogP contribution in [0.15, 0.2) is 58.3 Å². The fourth-order valence-electron chi connectivity index (χ4n) is 7.21. The van der Waals surface area contributed by atoms with E-state index in [0.29, 0.717) is 60.9 Å². The summed E-state index contributed by atoms with van der Waals surface area (Å²) in [6.45, 7) is 19.4. The van der Waals surface area contributed by atoms with Crippen LogP contribution < -0.4 is 9.47 Å². The van der Waals surface area contributed by atoms with Crippen molar-refractivity contribution in [1.82, 2.24) is 0 Å². The molecule has 4 aromatic rings. The highest BCUT2D eigenvalue weighted by Gasteiger charge is 2.33. The van der Waals surface area contributed by atoms with Crippen molar-refractivity contribution in [2.75, 3.05) is 7.11 Å².